The van der Waals surface area contributed by atoms with Crippen molar-refractivity contribution in [3.63, 3.8) is 0 Å². The first kappa shape index (κ1) is 24.5. The summed E-state index contributed by atoms with van der Waals surface area (Å²) in [5.74, 6) is -0.240. The molecule has 2 aromatic carbocycles. The van der Waals surface area contributed by atoms with E-state index in [1.54, 1.807) is 57.5 Å². The molecule has 0 aliphatic rings. The minimum absolute atomic E-state index is 0.0453. The van der Waals surface area contributed by atoms with Crippen molar-refractivity contribution in [2.24, 2.45) is 0 Å². The summed E-state index contributed by atoms with van der Waals surface area (Å²) in [6.45, 7) is 5.16. The van der Waals surface area contributed by atoms with Gasteiger partial charge in [-0.1, -0.05) is 31.2 Å². The third-order valence-electron chi connectivity index (χ3n) is 5.39. The SMILES string of the molecule is CCCN(CC(=O)N(Cc1ccc(F)cc1)Cc1sccc1C)C(=O)c1ccccc1OC. The third kappa shape index (κ3) is 6.42. The molecule has 174 valence electrons. The van der Waals surface area contributed by atoms with E-state index in [1.807, 2.05) is 25.3 Å². The van der Waals surface area contributed by atoms with E-state index in [2.05, 4.69) is 0 Å². The molecule has 0 radical (unpaired) electrons. The lowest BCUT2D eigenvalue weighted by Gasteiger charge is -2.28. The normalized spacial score (nSPS) is 10.7. The van der Waals surface area contributed by atoms with Gasteiger partial charge in [-0.15, -0.1) is 11.3 Å². The van der Waals surface area contributed by atoms with Crippen molar-refractivity contribution >= 4 is 23.2 Å². The summed E-state index contributed by atoms with van der Waals surface area (Å²) in [7, 11) is 1.52. The molecule has 1 heterocycles. The van der Waals surface area contributed by atoms with Gasteiger partial charge in [0.25, 0.3) is 5.91 Å². The fraction of sp³-hybridized carbons (Fsp3) is 0.308. The van der Waals surface area contributed by atoms with Crippen molar-refractivity contribution in [1.82, 2.24) is 9.80 Å². The lowest BCUT2D eigenvalue weighted by molar-refractivity contribution is -0.133. The number of amides is 2. The molecule has 0 fully saturated rings. The molecular formula is C26H29FN2O3S. The summed E-state index contributed by atoms with van der Waals surface area (Å²) in [5, 5.41) is 2.00. The van der Waals surface area contributed by atoms with E-state index < -0.39 is 0 Å². The minimum atomic E-state index is -0.317. The summed E-state index contributed by atoms with van der Waals surface area (Å²) in [4.78, 5) is 31.1. The number of methoxy groups -OCH3 is 1. The zero-order valence-corrected chi connectivity index (χ0v) is 20.0. The van der Waals surface area contributed by atoms with Crippen molar-refractivity contribution in [3.8, 4) is 5.75 Å². The Labute approximate surface area is 198 Å². The molecule has 1 aromatic heterocycles. The number of nitrogens with zero attached hydrogens (tertiary/aromatic N) is 2. The van der Waals surface area contributed by atoms with Crippen molar-refractivity contribution in [1.29, 1.82) is 0 Å². The molecule has 2 amide bonds. The van der Waals surface area contributed by atoms with E-state index >= 15 is 0 Å². The van der Waals surface area contributed by atoms with Crippen molar-refractivity contribution in [2.45, 2.75) is 33.4 Å². The number of hydrogen-bond donors (Lipinski definition) is 0. The quantitative estimate of drug-likeness (QED) is 0.407. The Morgan fingerprint density at radius 3 is 2.36 bits per heavy atom. The largest absolute Gasteiger partial charge is 0.496 e. The summed E-state index contributed by atoms with van der Waals surface area (Å²) in [6.07, 6.45) is 0.718. The second-order valence-electron chi connectivity index (χ2n) is 7.83. The number of aryl methyl sites for hydroxylation is 1. The number of benzene rings is 2. The van der Waals surface area contributed by atoms with Crippen LogP contribution in [-0.4, -0.2) is 41.8 Å². The highest BCUT2D eigenvalue weighted by Gasteiger charge is 2.24. The van der Waals surface area contributed by atoms with Crippen LogP contribution in [-0.2, 0) is 17.9 Å². The molecule has 3 rings (SSSR count). The average molecular weight is 469 g/mol. The maximum absolute atomic E-state index is 13.5. The second kappa shape index (κ2) is 11.6. The van der Waals surface area contributed by atoms with Gasteiger partial charge in [-0.2, -0.15) is 0 Å². The summed E-state index contributed by atoms with van der Waals surface area (Å²) >= 11 is 1.59. The standard InChI is InChI=1S/C26H29FN2O3S/c1-4-14-28(26(31)22-7-5-6-8-23(22)32-3)18-25(30)29(17-24-19(2)13-15-33-24)16-20-9-11-21(27)12-10-20/h5-13,15H,4,14,16-18H2,1-3H3. The van der Waals surface area contributed by atoms with Crippen molar-refractivity contribution < 1.29 is 18.7 Å². The number of halogens is 1. The highest BCUT2D eigenvalue weighted by atomic mass is 32.1. The molecule has 0 saturated heterocycles. The Kier molecular flexibility index (Phi) is 8.60. The molecule has 0 spiro atoms. The molecule has 3 aromatic rings. The van der Waals surface area contributed by atoms with Crippen LogP contribution in [0.4, 0.5) is 4.39 Å². The van der Waals surface area contributed by atoms with Crippen LogP contribution in [0.25, 0.3) is 0 Å². The summed E-state index contributed by atoms with van der Waals surface area (Å²) in [5.41, 5.74) is 2.38. The first-order valence-electron chi connectivity index (χ1n) is 10.9. The molecule has 0 atom stereocenters. The summed E-state index contributed by atoms with van der Waals surface area (Å²) in [6, 6.07) is 15.2. The first-order chi connectivity index (χ1) is 15.9. The molecule has 33 heavy (non-hydrogen) atoms. The highest BCUT2D eigenvalue weighted by Crippen LogP contribution is 2.22. The zero-order chi connectivity index (χ0) is 23.8. The second-order valence-corrected chi connectivity index (χ2v) is 8.83. The van der Waals surface area contributed by atoms with Crippen LogP contribution in [0.5, 0.6) is 5.75 Å². The van der Waals surface area contributed by atoms with Gasteiger partial charge in [0.05, 0.1) is 19.2 Å². The molecule has 7 heteroatoms. The first-order valence-corrected chi connectivity index (χ1v) is 11.8. The Morgan fingerprint density at radius 1 is 1.00 bits per heavy atom. The Hall–Kier alpha value is -3.19. The maximum atomic E-state index is 13.5. The molecule has 0 N–H and O–H groups in total. The Balaban J connectivity index is 1.83. The number of thiophene rings is 1. The van der Waals surface area contributed by atoms with E-state index in [1.165, 1.54) is 19.2 Å². The highest BCUT2D eigenvalue weighted by molar-refractivity contribution is 7.10. The van der Waals surface area contributed by atoms with Gasteiger partial charge < -0.3 is 14.5 Å². The fourth-order valence-corrected chi connectivity index (χ4v) is 4.48. The van der Waals surface area contributed by atoms with Crippen LogP contribution >= 0.6 is 11.3 Å². The van der Waals surface area contributed by atoms with Crippen LogP contribution in [0.15, 0.2) is 60.0 Å². The smallest absolute Gasteiger partial charge is 0.258 e. The van der Waals surface area contributed by atoms with Crippen LogP contribution in [0.3, 0.4) is 0 Å². The molecule has 0 bridgehead atoms. The Morgan fingerprint density at radius 2 is 1.73 bits per heavy atom. The van der Waals surface area contributed by atoms with E-state index in [4.69, 9.17) is 4.74 Å². The van der Waals surface area contributed by atoms with Crippen molar-refractivity contribution in [3.05, 3.63) is 87.4 Å². The van der Waals surface area contributed by atoms with E-state index in [-0.39, 0.29) is 24.2 Å². The number of ether oxygens (including phenoxy) is 1. The molecular weight excluding hydrogens is 439 g/mol. The van der Waals surface area contributed by atoms with Crippen LogP contribution in [0.1, 0.15) is 39.7 Å². The molecule has 0 aliphatic carbocycles. The molecule has 5 nitrogen and oxygen atoms in total. The third-order valence-corrected chi connectivity index (χ3v) is 6.39. The van der Waals surface area contributed by atoms with Gasteiger partial charge in [0, 0.05) is 18.0 Å². The van der Waals surface area contributed by atoms with E-state index in [9.17, 15) is 14.0 Å². The van der Waals surface area contributed by atoms with Gasteiger partial charge in [-0.05, 0) is 60.2 Å². The predicted octanol–water partition coefficient (Wildman–Crippen LogP) is 5.29. The number of hydrogen-bond acceptors (Lipinski definition) is 4. The van der Waals surface area contributed by atoms with Crippen LogP contribution < -0.4 is 4.74 Å². The van der Waals surface area contributed by atoms with E-state index in [0.29, 0.717) is 30.9 Å². The topological polar surface area (TPSA) is 49.9 Å². The van der Waals surface area contributed by atoms with E-state index in [0.717, 1.165) is 22.4 Å². The van der Waals surface area contributed by atoms with Gasteiger partial charge in [0.15, 0.2) is 0 Å². The molecule has 0 unspecified atom stereocenters. The minimum Gasteiger partial charge on any atom is -0.496 e. The monoisotopic (exact) mass is 468 g/mol. The number of rotatable bonds is 10. The number of carbonyl (C=O) groups is 2. The van der Waals surface area contributed by atoms with Crippen LogP contribution in [0.2, 0.25) is 0 Å². The molecule has 0 aliphatic heterocycles. The zero-order valence-electron chi connectivity index (χ0n) is 19.2. The lowest BCUT2D eigenvalue weighted by atomic mass is 10.1. The van der Waals surface area contributed by atoms with Gasteiger partial charge in [0.2, 0.25) is 5.91 Å². The number of para-hydroxylation sites is 1. The number of carbonyl (C=O) groups excluding carboxylic acids is 2. The van der Waals surface area contributed by atoms with Gasteiger partial charge in [-0.3, -0.25) is 9.59 Å². The van der Waals surface area contributed by atoms with Crippen LogP contribution in [0, 0.1) is 12.7 Å². The lowest BCUT2D eigenvalue weighted by Crippen LogP contribution is -2.42. The predicted molar refractivity (Wildman–Crippen MR) is 129 cm³/mol. The van der Waals surface area contributed by atoms with Crippen molar-refractivity contribution in [2.75, 3.05) is 20.2 Å². The summed E-state index contributed by atoms with van der Waals surface area (Å²) < 4.78 is 18.7. The van der Waals surface area contributed by atoms with Gasteiger partial charge >= 0.3 is 0 Å². The maximum Gasteiger partial charge on any atom is 0.258 e. The van der Waals surface area contributed by atoms with Gasteiger partial charge in [-0.25, -0.2) is 4.39 Å². The average Bonchev–Trinajstić information content (AvgIpc) is 3.23. The van der Waals surface area contributed by atoms with Gasteiger partial charge in [0.1, 0.15) is 18.1 Å². The Bertz CT molecular complexity index is 1080. The fourth-order valence-electron chi connectivity index (χ4n) is 3.56. The molecule has 0 saturated carbocycles.